The van der Waals surface area contributed by atoms with E-state index in [0.717, 1.165) is 5.01 Å². The second kappa shape index (κ2) is 5.38. The van der Waals surface area contributed by atoms with Gasteiger partial charge in [0.15, 0.2) is 0 Å². The predicted molar refractivity (Wildman–Crippen MR) is 73.2 cm³/mol. The van der Waals surface area contributed by atoms with Gasteiger partial charge in [-0.1, -0.05) is 17.7 Å². The molecule has 0 bridgehead atoms. The minimum absolute atomic E-state index is 0.0622. The predicted octanol–water partition coefficient (Wildman–Crippen LogP) is 3.06. The third-order valence-corrected chi connectivity index (χ3v) is 3.42. The van der Waals surface area contributed by atoms with Crippen LogP contribution in [0.2, 0.25) is 5.02 Å². The molecule has 0 radical (unpaired) electrons. The molecule has 2 rings (SSSR count). The van der Waals surface area contributed by atoms with Crippen LogP contribution >= 0.6 is 22.9 Å². The van der Waals surface area contributed by atoms with Crippen LogP contribution in [0.25, 0.3) is 0 Å². The van der Waals surface area contributed by atoms with Gasteiger partial charge in [-0.05, 0) is 19.1 Å². The molecule has 5 nitrogen and oxygen atoms in total. The fraction of sp³-hybridized carbons (Fsp3) is 0.0833. The highest BCUT2D eigenvalue weighted by atomic mass is 35.5. The number of aromatic carboxylic acids is 1. The number of hydrogen-bond donors (Lipinski definition) is 2. The van der Waals surface area contributed by atoms with E-state index >= 15 is 0 Å². The number of amides is 1. The third kappa shape index (κ3) is 2.91. The molecule has 0 atom stereocenters. The first kappa shape index (κ1) is 13.5. The normalized spacial score (nSPS) is 10.2. The lowest BCUT2D eigenvalue weighted by atomic mass is 10.1. The molecule has 1 heterocycles. The van der Waals surface area contributed by atoms with Crippen molar-refractivity contribution in [2.24, 2.45) is 0 Å². The number of aromatic nitrogens is 1. The maximum Gasteiger partial charge on any atom is 0.337 e. The highest BCUT2D eigenvalue weighted by molar-refractivity contribution is 7.09. The van der Waals surface area contributed by atoms with Gasteiger partial charge >= 0.3 is 5.97 Å². The van der Waals surface area contributed by atoms with Crippen molar-refractivity contribution in [1.82, 2.24) is 4.98 Å². The van der Waals surface area contributed by atoms with E-state index in [-0.39, 0.29) is 22.0 Å². The molecule has 2 aromatic rings. The van der Waals surface area contributed by atoms with Crippen molar-refractivity contribution >= 4 is 40.5 Å². The first-order valence-corrected chi connectivity index (χ1v) is 6.50. The van der Waals surface area contributed by atoms with E-state index in [1.807, 2.05) is 0 Å². The van der Waals surface area contributed by atoms with Gasteiger partial charge in [-0.15, -0.1) is 11.3 Å². The molecular weight excluding hydrogens is 288 g/mol. The third-order valence-electron chi connectivity index (χ3n) is 2.33. The summed E-state index contributed by atoms with van der Waals surface area (Å²) in [6.45, 7) is 1.78. The van der Waals surface area contributed by atoms with E-state index in [1.54, 1.807) is 12.3 Å². The van der Waals surface area contributed by atoms with Crippen molar-refractivity contribution in [2.75, 3.05) is 5.32 Å². The van der Waals surface area contributed by atoms with Gasteiger partial charge in [0.2, 0.25) is 0 Å². The number of carboxylic acid groups (broad SMARTS) is 1. The molecule has 19 heavy (non-hydrogen) atoms. The molecule has 0 fully saturated rings. The van der Waals surface area contributed by atoms with E-state index in [1.165, 1.54) is 29.5 Å². The highest BCUT2D eigenvalue weighted by Gasteiger charge is 2.17. The maximum absolute atomic E-state index is 11.9. The van der Waals surface area contributed by atoms with Gasteiger partial charge in [0.05, 0.1) is 21.3 Å². The number of nitrogens with one attached hydrogen (secondary N) is 1. The van der Waals surface area contributed by atoms with Crippen molar-refractivity contribution < 1.29 is 14.7 Å². The fourth-order valence-corrected chi connectivity index (χ4v) is 2.29. The van der Waals surface area contributed by atoms with Gasteiger partial charge in [-0.2, -0.15) is 0 Å². The smallest absolute Gasteiger partial charge is 0.337 e. The van der Waals surface area contributed by atoms with E-state index < -0.39 is 11.9 Å². The second-order valence-corrected chi connectivity index (χ2v) is 5.14. The number of benzene rings is 1. The Morgan fingerprint density at radius 1 is 1.42 bits per heavy atom. The minimum Gasteiger partial charge on any atom is -0.478 e. The Labute approximate surface area is 117 Å². The Balaban J connectivity index is 2.33. The van der Waals surface area contributed by atoms with Gasteiger partial charge in [0.25, 0.3) is 5.91 Å². The van der Waals surface area contributed by atoms with Crippen molar-refractivity contribution in [1.29, 1.82) is 0 Å². The molecule has 0 spiro atoms. The fourth-order valence-electron chi connectivity index (χ4n) is 1.47. The van der Waals surface area contributed by atoms with Crippen molar-refractivity contribution in [3.05, 3.63) is 44.9 Å². The summed E-state index contributed by atoms with van der Waals surface area (Å²) in [4.78, 5) is 27.0. The molecule has 0 saturated heterocycles. The van der Waals surface area contributed by atoms with E-state index in [9.17, 15) is 9.59 Å². The molecule has 0 aliphatic rings. The highest BCUT2D eigenvalue weighted by Crippen LogP contribution is 2.26. The average molecular weight is 297 g/mol. The molecule has 0 saturated carbocycles. The number of carboxylic acids is 1. The van der Waals surface area contributed by atoms with Crippen LogP contribution in [0.5, 0.6) is 0 Å². The monoisotopic (exact) mass is 296 g/mol. The van der Waals surface area contributed by atoms with Crippen LogP contribution < -0.4 is 5.32 Å². The zero-order chi connectivity index (χ0) is 14.0. The van der Waals surface area contributed by atoms with Gasteiger partial charge in [0, 0.05) is 5.38 Å². The SMILES string of the molecule is Cc1nc(C(=O)Nc2c(Cl)cccc2C(=O)O)cs1. The van der Waals surface area contributed by atoms with E-state index in [2.05, 4.69) is 10.3 Å². The largest absolute Gasteiger partial charge is 0.478 e. The first-order valence-electron chi connectivity index (χ1n) is 5.24. The summed E-state index contributed by atoms with van der Waals surface area (Å²) in [6, 6.07) is 4.39. The Kier molecular flexibility index (Phi) is 3.82. The standard InChI is InChI=1S/C12H9ClN2O3S/c1-6-14-9(5-19-6)11(16)15-10-7(12(17)18)3-2-4-8(10)13/h2-5H,1H3,(H,15,16)(H,17,18). The number of anilines is 1. The quantitative estimate of drug-likeness (QED) is 0.912. The van der Waals surface area contributed by atoms with Gasteiger partial charge in [-0.25, -0.2) is 9.78 Å². The summed E-state index contributed by atoms with van der Waals surface area (Å²) >= 11 is 7.25. The van der Waals surface area contributed by atoms with Crippen LogP contribution in [0.4, 0.5) is 5.69 Å². The van der Waals surface area contributed by atoms with E-state index in [4.69, 9.17) is 16.7 Å². The summed E-state index contributed by atoms with van der Waals surface area (Å²) in [5, 5.41) is 14.1. The number of para-hydroxylation sites is 1. The average Bonchev–Trinajstić information content (AvgIpc) is 2.78. The minimum atomic E-state index is -1.16. The van der Waals surface area contributed by atoms with Crippen LogP contribution in [0.1, 0.15) is 25.9 Å². The van der Waals surface area contributed by atoms with Crippen molar-refractivity contribution in [3.8, 4) is 0 Å². The van der Waals surface area contributed by atoms with Crippen molar-refractivity contribution in [2.45, 2.75) is 6.92 Å². The summed E-state index contributed by atoms with van der Waals surface area (Å²) in [7, 11) is 0. The Morgan fingerprint density at radius 2 is 2.16 bits per heavy atom. The van der Waals surface area contributed by atoms with Gasteiger partial charge in [0.1, 0.15) is 5.69 Å². The molecule has 0 unspecified atom stereocenters. The summed E-state index contributed by atoms with van der Waals surface area (Å²) in [6.07, 6.45) is 0. The van der Waals surface area contributed by atoms with Crippen LogP contribution in [-0.4, -0.2) is 22.0 Å². The lowest BCUT2D eigenvalue weighted by Gasteiger charge is -2.09. The molecule has 0 aliphatic carbocycles. The number of aryl methyl sites for hydroxylation is 1. The number of hydrogen-bond acceptors (Lipinski definition) is 4. The summed E-state index contributed by atoms with van der Waals surface area (Å²) < 4.78 is 0. The van der Waals surface area contributed by atoms with Crippen LogP contribution in [0.15, 0.2) is 23.6 Å². The lowest BCUT2D eigenvalue weighted by Crippen LogP contribution is -2.15. The van der Waals surface area contributed by atoms with Crippen LogP contribution in [-0.2, 0) is 0 Å². The van der Waals surface area contributed by atoms with Gasteiger partial charge < -0.3 is 10.4 Å². The zero-order valence-electron chi connectivity index (χ0n) is 9.81. The Hall–Kier alpha value is -1.92. The molecule has 98 valence electrons. The molecule has 2 N–H and O–H groups in total. The maximum atomic E-state index is 11.9. The first-order chi connectivity index (χ1) is 8.99. The van der Waals surface area contributed by atoms with Crippen LogP contribution in [0, 0.1) is 6.92 Å². The van der Waals surface area contributed by atoms with Crippen LogP contribution in [0.3, 0.4) is 0 Å². The molecule has 1 aromatic carbocycles. The molecule has 0 aliphatic heterocycles. The van der Waals surface area contributed by atoms with E-state index in [0.29, 0.717) is 0 Å². The van der Waals surface area contributed by atoms with Gasteiger partial charge in [-0.3, -0.25) is 4.79 Å². The zero-order valence-corrected chi connectivity index (χ0v) is 11.4. The number of carbonyl (C=O) groups excluding carboxylic acids is 1. The number of carbonyl (C=O) groups is 2. The van der Waals surface area contributed by atoms with Crippen molar-refractivity contribution in [3.63, 3.8) is 0 Å². The number of nitrogens with zero attached hydrogens (tertiary/aromatic N) is 1. The number of halogens is 1. The molecular formula is C12H9ClN2O3S. The topological polar surface area (TPSA) is 79.3 Å². The molecule has 1 aromatic heterocycles. The number of rotatable bonds is 3. The Morgan fingerprint density at radius 3 is 2.74 bits per heavy atom. The summed E-state index contributed by atoms with van der Waals surface area (Å²) in [5.74, 6) is -1.65. The Bertz CT molecular complexity index is 654. The molecule has 7 heteroatoms. The summed E-state index contributed by atoms with van der Waals surface area (Å²) in [5.41, 5.74) is 0.249. The number of thiazole rings is 1. The molecule has 1 amide bonds. The lowest BCUT2D eigenvalue weighted by molar-refractivity contribution is 0.0698. The second-order valence-electron chi connectivity index (χ2n) is 3.67.